The number of amides is 1. The fourth-order valence-electron chi connectivity index (χ4n) is 3.75. The molecule has 3 atom stereocenters. The monoisotopic (exact) mass is 438 g/mol. The molecule has 3 aromatic rings. The largest absolute Gasteiger partial charge is 0.497 e. The Morgan fingerprint density at radius 1 is 1.28 bits per heavy atom. The van der Waals surface area contributed by atoms with E-state index in [1.165, 1.54) is 18.6 Å². The van der Waals surface area contributed by atoms with Crippen molar-refractivity contribution in [1.29, 1.82) is 0 Å². The van der Waals surface area contributed by atoms with E-state index in [9.17, 15) is 9.90 Å². The van der Waals surface area contributed by atoms with Crippen LogP contribution >= 0.6 is 0 Å². The van der Waals surface area contributed by atoms with Gasteiger partial charge in [-0.1, -0.05) is 5.21 Å². The maximum absolute atomic E-state index is 12.3. The quantitative estimate of drug-likeness (QED) is 0.542. The van der Waals surface area contributed by atoms with Crippen molar-refractivity contribution in [2.24, 2.45) is 0 Å². The summed E-state index contributed by atoms with van der Waals surface area (Å²) >= 11 is 0. The van der Waals surface area contributed by atoms with Gasteiger partial charge >= 0.3 is 0 Å². The molecular weight excluding hydrogens is 412 g/mol. The summed E-state index contributed by atoms with van der Waals surface area (Å²) in [6, 6.07) is 7.38. The summed E-state index contributed by atoms with van der Waals surface area (Å²) in [5.74, 6) is 0.470. The summed E-state index contributed by atoms with van der Waals surface area (Å²) in [5.41, 5.74) is 2.00. The summed E-state index contributed by atoms with van der Waals surface area (Å²) in [6.45, 7) is 0.468. The molecule has 2 N–H and O–H groups in total. The van der Waals surface area contributed by atoms with E-state index in [1.807, 2.05) is 30.5 Å². The molecule has 10 heteroatoms. The van der Waals surface area contributed by atoms with Crippen LogP contribution in [0.15, 0.2) is 49.1 Å². The minimum atomic E-state index is -0.472. The van der Waals surface area contributed by atoms with Crippen LogP contribution in [0.25, 0.3) is 11.3 Å². The van der Waals surface area contributed by atoms with Crippen LogP contribution in [0.1, 0.15) is 29.8 Å². The third kappa shape index (κ3) is 5.27. The maximum atomic E-state index is 12.3. The number of hydrogen-bond acceptors (Lipinski definition) is 8. The molecule has 10 nitrogen and oxygen atoms in total. The number of hydrogen-bond donors (Lipinski definition) is 2. The lowest BCUT2D eigenvalue weighted by atomic mass is 9.97. The van der Waals surface area contributed by atoms with Gasteiger partial charge < -0.3 is 19.9 Å². The smallest absolute Gasteiger partial charge is 0.271 e. The lowest BCUT2D eigenvalue weighted by molar-refractivity contribution is -0.0912. The van der Waals surface area contributed by atoms with Crippen molar-refractivity contribution in [2.45, 2.75) is 44.1 Å². The van der Waals surface area contributed by atoms with Crippen LogP contribution in [0.3, 0.4) is 0 Å². The zero-order valence-electron chi connectivity index (χ0n) is 17.8. The van der Waals surface area contributed by atoms with Gasteiger partial charge in [0, 0.05) is 24.5 Å². The van der Waals surface area contributed by atoms with Gasteiger partial charge in [0.15, 0.2) is 0 Å². The first-order chi connectivity index (χ1) is 15.7. The Balaban J connectivity index is 1.29. The molecule has 1 aliphatic heterocycles. The van der Waals surface area contributed by atoms with Gasteiger partial charge in [0.25, 0.3) is 5.91 Å². The minimum Gasteiger partial charge on any atom is -0.497 e. The van der Waals surface area contributed by atoms with Crippen molar-refractivity contribution < 1.29 is 19.4 Å². The maximum Gasteiger partial charge on any atom is 0.271 e. The van der Waals surface area contributed by atoms with Gasteiger partial charge in [-0.15, -0.1) is 5.10 Å². The summed E-state index contributed by atoms with van der Waals surface area (Å²) in [4.78, 5) is 20.3. The summed E-state index contributed by atoms with van der Waals surface area (Å²) < 4.78 is 13.0. The molecule has 3 heterocycles. The number of methoxy groups -OCH3 is 1. The number of ether oxygens (including phenoxy) is 2. The standard InChI is InChI=1S/C22H26N6O4/c1-31-16-4-2-15(3-5-16)20-13-28(27-26-20)11-8-17-6-7-18(21(14-29)32-17)25-22(30)19-12-23-9-10-24-19/h2-5,9-10,12-13,17-18,21,29H,6-8,11,14H2,1H3,(H,25,30)/t17-,18-,21-/m1/s1. The highest BCUT2D eigenvalue weighted by atomic mass is 16.5. The number of aryl methyl sites for hydroxylation is 1. The van der Waals surface area contributed by atoms with E-state index in [0.717, 1.165) is 29.8 Å². The second kappa shape index (κ2) is 10.3. The molecule has 0 unspecified atom stereocenters. The first kappa shape index (κ1) is 21.8. The average molecular weight is 438 g/mol. The van der Waals surface area contributed by atoms with E-state index in [0.29, 0.717) is 13.0 Å². The van der Waals surface area contributed by atoms with Crippen LogP contribution in [-0.4, -0.2) is 67.9 Å². The zero-order chi connectivity index (χ0) is 22.3. The van der Waals surface area contributed by atoms with Gasteiger partial charge in [-0.3, -0.25) is 14.5 Å². The Labute approximate surface area is 185 Å². The average Bonchev–Trinajstić information content (AvgIpc) is 3.33. The number of carbonyl (C=O) groups is 1. The van der Waals surface area contributed by atoms with Gasteiger partial charge in [-0.25, -0.2) is 4.98 Å². The van der Waals surface area contributed by atoms with Crippen molar-refractivity contribution in [3.05, 3.63) is 54.7 Å². The highest BCUT2D eigenvalue weighted by Gasteiger charge is 2.32. The van der Waals surface area contributed by atoms with Crippen LogP contribution < -0.4 is 10.1 Å². The molecule has 2 aromatic heterocycles. The number of aliphatic hydroxyl groups is 1. The SMILES string of the molecule is COc1ccc(-c2cn(CC[C@H]3CC[C@@H](NC(=O)c4cnccn4)[C@@H](CO)O3)nn2)cc1. The first-order valence-electron chi connectivity index (χ1n) is 10.5. The van der Waals surface area contributed by atoms with Crippen LogP contribution in [0.5, 0.6) is 5.75 Å². The van der Waals surface area contributed by atoms with E-state index < -0.39 is 6.10 Å². The lowest BCUT2D eigenvalue weighted by Gasteiger charge is -2.36. The second-order valence-corrected chi connectivity index (χ2v) is 7.61. The highest BCUT2D eigenvalue weighted by Crippen LogP contribution is 2.23. The molecular formula is C22H26N6O4. The lowest BCUT2D eigenvalue weighted by Crippen LogP contribution is -2.51. The molecule has 0 spiro atoms. The molecule has 1 saturated heterocycles. The van der Waals surface area contributed by atoms with Crippen molar-refractivity contribution in [1.82, 2.24) is 30.3 Å². The predicted molar refractivity (Wildman–Crippen MR) is 115 cm³/mol. The molecule has 1 aliphatic rings. The Bertz CT molecular complexity index is 1010. The second-order valence-electron chi connectivity index (χ2n) is 7.61. The Morgan fingerprint density at radius 3 is 2.84 bits per heavy atom. The number of benzene rings is 1. The predicted octanol–water partition coefficient (Wildman–Crippen LogP) is 1.47. The Kier molecular flexibility index (Phi) is 7.03. The highest BCUT2D eigenvalue weighted by molar-refractivity contribution is 5.92. The number of rotatable bonds is 8. The van der Waals surface area contributed by atoms with Crippen molar-refractivity contribution >= 4 is 5.91 Å². The molecule has 1 amide bonds. The molecule has 0 aliphatic carbocycles. The third-order valence-corrected chi connectivity index (χ3v) is 5.51. The van der Waals surface area contributed by atoms with Crippen LogP contribution in [0, 0.1) is 0 Å². The van der Waals surface area contributed by atoms with Crippen molar-refractivity contribution in [3.63, 3.8) is 0 Å². The molecule has 0 bridgehead atoms. The fourth-order valence-corrected chi connectivity index (χ4v) is 3.75. The topological polar surface area (TPSA) is 124 Å². The van der Waals surface area contributed by atoms with Crippen LogP contribution in [-0.2, 0) is 11.3 Å². The van der Waals surface area contributed by atoms with Gasteiger partial charge in [-0.05, 0) is 43.5 Å². The van der Waals surface area contributed by atoms with Gasteiger partial charge in [0.05, 0.1) is 38.3 Å². The first-order valence-corrected chi connectivity index (χ1v) is 10.5. The summed E-state index contributed by atoms with van der Waals surface area (Å²) in [7, 11) is 1.63. The molecule has 32 heavy (non-hydrogen) atoms. The zero-order valence-corrected chi connectivity index (χ0v) is 17.8. The van der Waals surface area contributed by atoms with E-state index in [4.69, 9.17) is 9.47 Å². The van der Waals surface area contributed by atoms with Gasteiger partial charge in [0.1, 0.15) is 23.2 Å². The number of aliphatic hydroxyl groups excluding tert-OH is 1. The summed E-state index contributed by atoms with van der Waals surface area (Å²) in [6.07, 6.45) is 7.98. The minimum absolute atomic E-state index is 0.0366. The van der Waals surface area contributed by atoms with Gasteiger partial charge in [-0.2, -0.15) is 0 Å². The van der Waals surface area contributed by atoms with E-state index in [-0.39, 0.29) is 30.4 Å². The number of nitrogens with one attached hydrogen (secondary N) is 1. The third-order valence-electron chi connectivity index (χ3n) is 5.51. The molecule has 4 rings (SSSR count). The van der Waals surface area contributed by atoms with Gasteiger partial charge in [0.2, 0.25) is 0 Å². The van der Waals surface area contributed by atoms with Crippen molar-refractivity contribution in [3.8, 4) is 17.0 Å². The molecule has 168 valence electrons. The molecule has 1 aromatic carbocycles. The number of carbonyl (C=O) groups excluding carboxylic acids is 1. The Hall–Kier alpha value is -3.37. The number of aromatic nitrogens is 5. The molecule has 0 radical (unpaired) electrons. The Morgan fingerprint density at radius 2 is 2.12 bits per heavy atom. The van der Waals surface area contributed by atoms with Crippen LogP contribution in [0.2, 0.25) is 0 Å². The van der Waals surface area contributed by atoms with Crippen LogP contribution in [0.4, 0.5) is 0 Å². The molecule has 1 fully saturated rings. The van der Waals surface area contributed by atoms with E-state index >= 15 is 0 Å². The summed E-state index contributed by atoms with van der Waals surface area (Å²) in [5, 5.41) is 21.1. The molecule has 0 saturated carbocycles. The van der Waals surface area contributed by atoms with E-state index in [2.05, 4.69) is 25.6 Å². The van der Waals surface area contributed by atoms with E-state index in [1.54, 1.807) is 11.8 Å². The number of nitrogens with zero attached hydrogens (tertiary/aromatic N) is 5. The fraction of sp³-hybridized carbons (Fsp3) is 0.409. The normalized spacial score (nSPS) is 20.6. The van der Waals surface area contributed by atoms with Crippen molar-refractivity contribution in [2.75, 3.05) is 13.7 Å².